The number of fused-ring (bicyclic) bond motifs is 4. The summed E-state index contributed by atoms with van der Waals surface area (Å²) < 4.78 is 8.48. The van der Waals surface area contributed by atoms with Crippen molar-refractivity contribution >= 4 is 32.6 Å². The van der Waals surface area contributed by atoms with Gasteiger partial charge < -0.3 is 8.98 Å². The highest BCUT2D eigenvalue weighted by atomic mass is 16.4. The van der Waals surface area contributed by atoms with Crippen molar-refractivity contribution in [3.8, 4) is 39.7 Å². The molecule has 0 N–H and O–H groups in total. The molecule has 8 rings (SSSR count). The van der Waals surface area contributed by atoms with Crippen LogP contribution in [0.4, 0.5) is 0 Å². The van der Waals surface area contributed by atoms with Crippen LogP contribution in [0.2, 0.25) is 0 Å². The normalized spacial score (nSPS) is 11.5. The van der Waals surface area contributed by atoms with Crippen LogP contribution in [0, 0.1) is 0 Å². The molecular weight excluding hydrogens is 490 g/mol. The van der Waals surface area contributed by atoms with E-state index in [1.165, 1.54) is 32.9 Å². The Hall–Kier alpha value is -5.48. The summed E-state index contributed by atoms with van der Waals surface area (Å²) in [5.41, 5.74) is 7.67. The van der Waals surface area contributed by atoms with Gasteiger partial charge in [0, 0.05) is 27.6 Å². The number of hydrogen-bond donors (Lipinski definition) is 0. The molecule has 2 aromatic heterocycles. The zero-order chi connectivity index (χ0) is 26.5. The van der Waals surface area contributed by atoms with Crippen LogP contribution in [0.5, 0.6) is 0 Å². The smallest absolute Gasteiger partial charge is 0.248 e. The molecule has 6 aromatic carbocycles. The molecule has 0 aliphatic heterocycles. The lowest BCUT2D eigenvalue weighted by atomic mass is 10.0. The molecule has 0 radical (unpaired) electrons. The second-order valence-electron chi connectivity index (χ2n) is 9.94. The van der Waals surface area contributed by atoms with Crippen LogP contribution in [-0.4, -0.2) is 14.8 Å². The van der Waals surface area contributed by atoms with Crippen molar-refractivity contribution < 1.29 is 4.42 Å². The Bertz CT molecular complexity index is 2150. The average Bonchev–Trinajstić information content (AvgIpc) is 3.65. The number of rotatable bonds is 4. The highest BCUT2D eigenvalue weighted by Crippen LogP contribution is 2.36. The van der Waals surface area contributed by atoms with Crippen molar-refractivity contribution in [3.05, 3.63) is 140 Å². The third-order valence-electron chi connectivity index (χ3n) is 7.60. The van der Waals surface area contributed by atoms with Gasteiger partial charge in [-0.25, -0.2) is 0 Å². The van der Waals surface area contributed by atoms with E-state index in [2.05, 4.69) is 130 Å². The van der Waals surface area contributed by atoms with Crippen molar-refractivity contribution in [2.75, 3.05) is 0 Å². The second kappa shape index (κ2) is 9.07. The summed E-state index contributed by atoms with van der Waals surface area (Å²) >= 11 is 0. The maximum absolute atomic E-state index is 6.16. The largest absolute Gasteiger partial charge is 0.416 e. The van der Waals surface area contributed by atoms with E-state index in [4.69, 9.17) is 4.42 Å². The molecule has 0 amide bonds. The van der Waals surface area contributed by atoms with Gasteiger partial charge in [0.25, 0.3) is 0 Å². The molecule has 2 heterocycles. The molecule has 0 saturated carbocycles. The minimum Gasteiger partial charge on any atom is -0.416 e. The van der Waals surface area contributed by atoms with Crippen LogP contribution in [-0.2, 0) is 0 Å². The van der Waals surface area contributed by atoms with Gasteiger partial charge in [-0.1, -0.05) is 91.0 Å². The molecule has 0 spiro atoms. The molecule has 0 bridgehead atoms. The minimum atomic E-state index is 0.504. The van der Waals surface area contributed by atoms with Crippen LogP contribution in [0.25, 0.3) is 72.3 Å². The number of hydrogen-bond acceptors (Lipinski definition) is 3. The molecule has 0 aliphatic carbocycles. The fraction of sp³-hybridized carbons (Fsp3) is 0. The topological polar surface area (TPSA) is 43.9 Å². The van der Waals surface area contributed by atoms with Gasteiger partial charge in [0.05, 0.1) is 11.0 Å². The minimum absolute atomic E-state index is 0.504. The van der Waals surface area contributed by atoms with Gasteiger partial charge >= 0.3 is 0 Å². The molecule has 4 heteroatoms. The van der Waals surface area contributed by atoms with Gasteiger partial charge in [-0.05, 0) is 70.4 Å². The van der Waals surface area contributed by atoms with Crippen LogP contribution in [0.3, 0.4) is 0 Å². The van der Waals surface area contributed by atoms with Crippen molar-refractivity contribution in [1.82, 2.24) is 14.8 Å². The third-order valence-corrected chi connectivity index (χ3v) is 7.60. The van der Waals surface area contributed by atoms with E-state index in [-0.39, 0.29) is 0 Å². The SMILES string of the molecule is c1ccc(-c2ccc3c(c2)c2ccccc2n3-c2ccc(-c3nnc(-c4cccc5ccccc45)o3)cc2)cc1. The lowest BCUT2D eigenvalue weighted by Crippen LogP contribution is -1.93. The summed E-state index contributed by atoms with van der Waals surface area (Å²) in [6, 6.07) is 48.5. The summed E-state index contributed by atoms with van der Waals surface area (Å²) in [4.78, 5) is 0. The Morgan fingerprint density at radius 2 is 1.12 bits per heavy atom. The fourth-order valence-electron chi connectivity index (χ4n) is 5.67. The van der Waals surface area contributed by atoms with E-state index < -0.39 is 0 Å². The van der Waals surface area contributed by atoms with Gasteiger partial charge in [-0.15, -0.1) is 10.2 Å². The van der Waals surface area contributed by atoms with Gasteiger partial charge in [0.1, 0.15) is 0 Å². The summed E-state index contributed by atoms with van der Waals surface area (Å²) in [5, 5.41) is 13.5. The summed E-state index contributed by atoms with van der Waals surface area (Å²) in [7, 11) is 0. The van der Waals surface area contributed by atoms with Crippen molar-refractivity contribution in [3.63, 3.8) is 0 Å². The quantitative estimate of drug-likeness (QED) is 0.235. The monoisotopic (exact) mass is 513 g/mol. The fourth-order valence-corrected chi connectivity index (χ4v) is 5.67. The Labute approximate surface area is 230 Å². The van der Waals surface area contributed by atoms with E-state index in [9.17, 15) is 0 Å². The van der Waals surface area contributed by atoms with Crippen LogP contribution >= 0.6 is 0 Å². The number of benzene rings is 6. The molecule has 0 saturated heterocycles. The lowest BCUT2D eigenvalue weighted by molar-refractivity contribution is 0.585. The van der Waals surface area contributed by atoms with Crippen LogP contribution in [0.1, 0.15) is 0 Å². The van der Waals surface area contributed by atoms with Gasteiger partial charge in [0.15, 0.2) is 0 Å². The first-order valence-electron chi connectivity index (χ1n) is 13.3. The zero-order valence-electron chi connectivity index (χ0n) is 21.5. The predicted octanol–water partition coefficient (Wildman–Crippen LogP) is 9.32. The molecule has 8 aromatic rings. The Balaban J connectivity index is 1.20. The van der Waals surface area contributed by atoms with Crippen molar-refractivity contribution in [1.29, 1.82) is 0 Å². The first-order valence-corrected chi connectivity index (χ1v) is 13.3. The third kappa shape index (κ3) is 3.62. The van der Waals surface area contributed by atoms with Crippen molar-refractivity contribution in [2.24, 2.45) is 0 Å². The van der Waals surface area contributed by atoms with E-state index >= 15 is 0 Å². The predicted molar refractivity (Wildman–Crippen MR) is 162 cm³/mol. The molecule has 4 nitrogen and oxygen atoms in total. The Kier molecular flexibility index (Phi) is 5.10. The lowest BCUT2D eigenvalue weighted by Gasteiger charge is -2.09. The first kappa shape index (κ1) is 22.5. The van der Waals surface area contributed by atoms with E-state index in [1.807, 2.05) is 24.3 Å². The van der Waals surface area contributed by atoms with Crippen molar-refractivity contribution in [2.45, 2.75) is 0 Å². The first-order chi connectivity index (χ1) is 19.8. The van der Waals surface area contributed by atoms with E-state index in [0.29, 0.717) is 11.8 Å². The molecule has 40 heavy (non-hydrogen) atoms. The Morgan fingerprint density at radius 1 is 0.450 bits per heavy atom. The summed E-state index contributed by atoms with van der Waals surface area (Å²) in [6.45, 7) is 0. The zero-order valence-corrected chi connectivity index (χ0v) is 21.5. The molecule has 0 aliphatic rings. The average molecular weight is 514 g/mol. The number of para-hydroxylation sites is 1. The Morgan fingerprint density at radius 3 is 2.00 bits per heavy atom. The number of aromatic nitrogens is 3. The molecule has 0 fully saturated rings. The molecule has 0 unspecified atom stereocenters. The second-order valence-corrected chi connectivity index (χ2v) is 9.94. The molecule has 188 valence electrons. The summed E-state index contributed by atoms with van der Waals surface area (Å²) in [6.07, 6.45) is 0. The molecular formula is C36H23N3O. The van der Waals surface area contributed by atoms with E-state index in [1.54, 1.807) is 0 Å². The van der Waals surface area contributed by atoms with E-state index in [0.717, 1.165) is 27.6 Å². The highest BCUT2D eigenvalue weighted by molar-refractivity contribution is 6.10. The maximum atomic E-state index is 6.16. The maximum Gasteiger partial charge on any atom is 0.248 e. The molecule has 0 atom stereocenters. The van der Waals surface area contributed by atoms with Crippen LogP contribution < -0.4 is 0 Å². The van der Waals surface area contributed by atoms with Gasteiger partial charge in [-0.3, -0.25) is 0 Å². The van der Waals surface area contributed by atoms with Gasteiger partial charge in [0.2, 0.25) is 11.8 Å². The number of nitrogens with zero attached hydrogens (tertiary/aromatic N) is 3. The standard InChI is InChI=1S/C36H23N3O/c1-2-9-24(10-3-1)27-19-22-34-32(23-27)30-14-6-7-16-33(30)39(34)28-20-17-26(18-21-28)35-37-38-36(40-35)31-15-8-12-25-11-4-5-13-29(25)31/h1-23H. The van der Waals surface area contributed by atoms with Crippen LogP contribution in [0.15, 0.2) is 144 Å². The van der Waals surface area contributed by atoms with Gasteiger partial charge in [-0.2, -0.15) is 0 Å². The summed E-state index contributed by atoms with van der Waals surface area (Å²) in [5.74, 6) is 1.02. The highest BCUT2D eigenvalue weighted by Gasteiger charge is 2.15.